The molecular formula is C22H15ClN2O2. The van der Waals surface area contributed by atoms with Crippen LogP contribution in [-0.2, 0) is 0 Å². The summed E-state index contributed by atoms with van der Waals surface area (Å²) in [5.41, 5.74) is 3.88. The standard InChI is InChI=1S/C22H15ClN2O2/c23-17-10-8-15(9-11-17)22(26)14-27-18-5-3-4-16(12-18)21-13-24-19-6-1-2-7-20(19)25-21/h1-13H,14H2. The summed E-state index contributed by atoms with van der Waals surface area (Å²) in [7, 11) is 0. The molecule has 0 spiro atoms. The predicted octanol–water partition coefficient (Wildman–Crippen LogP) is 5.21. The first-order chi connectivity index (χ1) is 13.2. The lowest BCUT2D eigenvalue weighted by Crippen LogP contribution is -2.11. The first kappa shape index (κ1) is 17.2. The fourth-order valence-electron chi connectivity index (χ4n) is 2.71. The van der Waals surface area contributed by atoms with E-state index >= 15 is 0 Å². The molecule has 0 saturated heterocycles. The van der Waals surface area contributed by atoms with Gasteiger partial charge in [-0.2, -0.15) is 0 Å². The minimum Gasteiger partial charge on any atom is -0.485 e. The third kappa shape index (κ3) is 3.96. The van der Waals surface area contributed by atoms with Crippen LogP contribution in [0.3, 0.4) is 0 Å². The van der Waals surface area contributed by atoms with E-state index in [4.69, 9.17) is 16.3 Å². The molecule has 0 unspecified atom stereocenters. The fourth-order valence-corrected chi connectivity index (χ4v) is 2.84. The molecule has 4 aromatic rings. The Morgan fingerprint density at radius 1 is 0.926 bits per heavy atom. The molecule has 0 aliphatic heterocycles. The lowest BCUT2D eigenvalue weighted by Gasteiger charge is -2.08. The number of Topliss-reactive ketones (excluding diaryl/α,β-unsaturated/α-hetero) is 1. The van der Waals surface area contributed by atoms with Crippen molar-refractivity contribution in [2.24, 2.45) is 0 Å². The van der Waals surface area contributed by atoms with Crippen LogP contribution in [0.1, 0.15) is 10.4 Å². The minimum absolute atomic E-state index is 0.0471. The van der Waals surface area contributed by atoms with Crippen molar-refractivity contribution in [2.45, 2.75) is 0 Å². The third-order valence-electron chi connectivity index (χ3n) is 4.11. The number of ketones is 1. The van der Waals surface area contributed by atoms with Gasteiger partial charge in [0, 0.05) is 16.1 Å². The van der Waals surface area contributed by atoms with Gasteiger partial charge in [0.25, 0.3) is 0 Å². The number of halogens is 1. The monoisotopic (exact) mass is 374 g/mol. The van der Waals surface area contributed by atoms with Gasteiger partial charge in [-0.3, -0.25) is 9.78 Å². The van der Waals surface area contributed by atoms with E-state index in [0.717, 1.165) is 22.3 Å². The number of fused-ring (bicyclic) bond motifs is 1. The van der Waals surface area contributed by atoms with Crippen LogP contribution in [0.25, 0.3) is 22.3 Å². The van der Waals surface area contributed by atoms with Crippen LogP contribution in [0.15, 0.2) is 79.0 Å². The Bertz CT molecular complexity index is 1110. The molecule has 3 aromatic carbocycles. The van der Waals surface area contributed by atoms with Crippen LogP contribution in [0.4, 0.5) is 0 Å². The molecule has 0 atom stereocenters. The highest BCUT2D eigenvalue weighted by atomic mass is 35.5. The average molecular weight is 375 g/mol. The van der Waals surface area contributed by atoms with E-state index in [1.165, 1.54) is 0 Å². The van der Waals surface area contributed by atoms with Crippen LogP contribution in [0.2, 0.25) is 5.02 Å². The molecule has 1 heterocycles. The summed E-state index contributed by atoms with van der Waals surface area (Å²) >= 11 is 5.85. The second-order valence-corrected chi connectivity index (χ2v) is 6.43. The van der Waals surface area contributed by atoms with Crippen molar-refractivity contribution in [3.8, 4) is 17.0 Å². The zero-order valence-corrected chi connectivity index (χ0v) is 15.1. The van der Waals surface area contributed by atoms with Gasteiger partial charge in [0.05, 0.1) is 22.9 Å². The molecule has 0 aliphatic rings. The van der Waals surface area contributed by atoms with E-state index in [9.17, 15) is 4.79 Å². The SMILES string of the molecule is O=C(COc1cccc(-c2cnc3ccccc3n2)c1)c1ccc(Cl)cc1. The maximum atomic E-state index is 12.2. The summed E-state index contributed by atoms with van der Waals surface area (Å²) < 4.78 is 5.67. The number of carbonyl (C=O) groups excluding carboxylic acids is 1. The maximum Gasteiger partial charge on any atom is 0.200 e. The van der Waals surface area contributed by atoms with Gasteiger partial charge in [0.1, 0.15) is 5.75 Å². The third-order valence-corrected chi connectivity index (χ3v) is 4.37. The summed E-state index contributed by atoms with van der Waals surface area (Å²) in [6, 6.07) is 21.9. The quantitative estimate of drug-likeness (QED) is 0.450. The number of aromatic nitrogens is 2. The van der Waals surface area contributed by atoms with Gasteiger partial charge in [0.15, 0.2) is 12.4 Å². The van der Waals surface area contributed by atoms with Gasteiger partial charge in [0.2, 0.25) is 0 Å². The zero-order chi connectivity index (χ0) is 18.6. The first-order valence-electron chi connectivity index (χ1n) is 8.43. The Morgan fingerprint density at radius 3 is 2.52 bits per heavy atom. The van der Waals surface area contributed by atoms with Crippen LogP contribution in [-0.4, -0.2) is 22.4 Å². The Balaban J connectivity index is 1.51. The molecule has 0 N–H and O–H groups in total. The van der Waals surface area contributed by atoms with Crippen molar-refractivity contribution in [1.82, 2.24) is 9.97 Å². The Labute approximate surface area is 161 Å². The van der Waals surface area contributed by atoms with Gasteiger partial charge in [-0.1, -0.05) is 35.9 Å². The Morgan fingerprint density at radius 2 is 1.70 bits per heavy atom. The van der Waals surface area contributed by atoms with Crippen LogP contribution in [0, 0.1) is 0 Å². The van der Waals surface area contributed by atoms with Crippen molar-refractivity contribution in [3.05, 3.63) is 89.6 Å². The van der Waals surface area contributed by atoms with Gasteiger partial charge in [-0.15, -0.1) is 0 Å². The topological polar surface area (TPSA) is 52.1 Å². The molecule has 0 amide bonds. The smallest absolute Gasteiger partial charge is 0.200 e. The largest absolute Gasteiger partial charge is 0.485 e. The molecule has 0 bridgehead atoms. The van der Waals surface area contributed by atoms with Crippen molar-refractivity contribution < 1.29 is 9.53 Å². The van der Waals surface area contributed by atoms with E-state index in [1.807, 2.05) is 48.5 Å². The number of benzene rings is 3. The Hall–Kier alpha value is -3.24. The molecular weight excluding hydrogens is 360 g/mol. The molecule has 27 heavy (non-hydrogen) atoms. The number of hydrogen-bond donors (Lipinski definition) is 0. The first-order valence-corrected chi connectivity index (χ1v) is 8.81. The summed E-state index contributed by atoms with van der Waals surface area (Å²) in [4.78, 5) is 21.3. The van der Waals surface area contributed by atoms with E-state index in [1.54, 1.807) is 30.5 Å². The number of carbonyl (C=O) groups is 1. The lowest BCUT2D eigenvalue weighted by atomic mass is 10.1. The summed E-state index contributed by atoms with van der Waals surface area (Å²) in [6.45, 7) is -0.0471. The van der Waals surface area contributed by atoms with Gasteiger partial charge >= 0.3 is 0 Å². The molecule has 0 aliphatic carbocycles. The fraction of sp³-hybridized carbons (Fsp3) is 0.0455. The molecule has 132 valence electrons. The van der Waals surface area contributed by atoms with Crippen molar-refractivity contribution in [1.29, 1.82) is 0 Å². The highest BCUT2D eigenvalue weighted by Crippen LogP contribution is 2.23. The van der Waals surface area contributed by atoms with E-state index in [2.05, 4.69) is 9.97 Å². The van der Waals surface area contributed by atoms with Gasteiger partial charge in [-0.05, 0) is 48.5 Å². The van der Waals surface area contributed by atoms with E-state index < -0.39 is 0 Å². The number of nitrogens with zero attached hydrogens (tertiary/aromatic N) is 2. The number of para-hydroxylation sites is 2. The second kappa shape index (κ2) is 7.56. The predicted molar refractivity (Wildman–Crippen MR) is 106 cm³/mol. The van der Waals surface area contributed by atoms with E-state index in [0.29, 0.717) is 16.3 Å². The molecule has 1 aromatic heterocycles. The summed E-state index contributed by atoms with van der Waals surface area (Å²) in [6.07, 6.45) is 1.74. The second-order valence-electron chi connectivity index (χ2n) is 5.99. The van der Waals surface area contributed by atoms with Crippen molar-refractivity contribution >= 4 is 28.4 Å². The molecule has 4 nitrogen and oxygen atoms in total. The highest BCUT2D eigenvalue weighted by Gasteiger charge is 2.08. The number of rotatable bonds is 5. The van der Waals surface area contributed by atoms with Crippen LogP contribution >= 0.6 is 11.6 Å². The van der Waals surface area contributed by atoms with Gasteiger partial charge < -0.3 is 4.74 Å². The van der Waals surface area contributed by atoms with Crippen LogP contribution in [0.5, 0.6) is 5.75 Å². The van der Waals surface area contributed by atoms with Crippen molar-refractivity contribution in [3.63, 3.8) is 0 Å². The van der Waals surface area contributed by atoms with Crippen LogP contribution < -0.4 is 4.74 Å². The molecule has 0 radical (unpaired) electrons. The Kier molecular flexibility index (Phi) is 4.81. The molecule has 5 heteroatoms. The minimum atomic E-state index is -0.109. The molecule has 0 saturated carbocycles. The summed E-state index contributed by atoms with van der Waals surface area (Å²) in [5, 5.41) is 0.594. The average Bonchev–Trinajstić information content (AvgIpc) is 2.72. The zero-order valence-electron chi connectivity index (χ0n) is 14.3. The number of hydrogen-bond acceptors (Lipinski definition) is 4. The highest BCUT2D eigenvalue weighted by molar-refractivity contribution is 6.30. The molecule has 0 fully saturated rings. The van der Waals surface area contributed by atoms with E-state index in [-0.39, 0.29) is 12.4 Å². The van der Waals surface area contributed by atoms with Crippen molar-refractivity contribution in [2.75, 3.05) is 6.61 Å². The normalized spacial score (nSPS) is 10.7. The number of ether oxygens (including phenoxy) is 1. The van der Waals surface area contributed by atoms with Gasteiger partial charge in [-0.25, -0.2) is 4.98 Å². The summed E-state index contributed by atoms with van der Waals surface area (Å²) in [5.74, 6) is 0.493. The molecule has 4 rings (SSSR count). The maximum absolute atomic E-state index is 12.2. The lowest BCUT2D eigenvalue weighted by molar-refractivity contribution is 0.0921.